The predicted octanol–water partition coefficient (Wildman–Crippen LogP) is 2.05. The predicted molar refractivity (Wildman–Crippen MR) is 87.7 cm³/mol. The second-order valence-corrected chi connectivity index (χ2v) is 6.76. The zero-order chi connectivity index (χ0) is 18.7. The minimum absolute atomic E-state index is 0.0403. The molecule has 0 bridgehead atoms. The van der Waals surface area contributed by atoms with Gasteiger partial charge in [0.15, 0.2) is 0 Å². The van der Waals surface area contributed by atoms with Crippen molar-refractivity contribution in [2.45, 2.75) is 50.9 Å². The highest BCUT2D eigenvalue weighted by molar-refractivity contribution is 5.84. The number of piperidine rings is 1. The molecule has 2 aliphatic heterocycles. The molecule has 144 valence electrons. The summed E-state index contributed by atoms with van der Waals surface area (Å²) in [5.74, 6) is -0.416. The van der Waals surface area contributed by atoms with Crippen molar-refractivity contribution in [3.05, 3.63) is 18.0 Å². The Hall–Kier alpha value is -1.90. The summed E-state index contributed by atoms with van der Waals surface area (Å²) in [4.78, 5) is 23.5. The summed E-state index contributed by atoms with van der Waals surface area (Å²) in [6, 6.07) is -0.104. The Kier molecular flexibility index (Phi) is 5.64. The minimum Gasteiger partial charge on any atom is -0.460 e. The summed E-state index contributed by atoms with van der Waals surface area (Å²) >= 11 is 0. The van der Waals surface area contributed by atoms with E-state index in [1.54, 1.807) is 12.4 Å². The SMILES string of the molecule is CCc1cnc(OC2CCN(C3CCN(CC(F)(F)F)C3=O)CC2)nc1. The molecule has 1 atom stereocenters. The van der Waals surface area contributed by atoms with Crippen molar-refractivity contribution in [1.82, 2.24) is 19.8 Å². The summed E-state index contributed by atoms with van der Waals surface area (Å²) in [7, 11) is 0. The van der Waals surface area contributed by atoms with Gasteiger partial charge in [0.05, 0.1) is 6.04 Å². The lowest BCUT2D eigenvalue weighted by Crippen LogP contribution is -2.48. The second kappa shape index (κ2) is 7.77. The molecule has 0 aliphatic carbocycles. The van der Waals surface area contributed by atoms with Crippen molar-refractivity contribution in [1.29, 1.82) is 0 Å². The number of amides is 1. The van der Waals surface area contributed by atoms with Crippen LogP contribution in [0.25, 0.3) is 0 Å². The molecule has 9 heteroatoms. The van der Waals surface area contributed by atoms with E-state index in [0.717, 1.165) is 16.9 Å². The number of hydrogen-bond acceptors (Lipinski definition) is 5. The molecular formula is C17H23F3N4O2. The lowest BCUT2D eigenvalue weighted by Gasteiger charge is -2.34. The van der Waals surface area contributed by atoms with Crippen LogP contribution in [0.5, 0.6) is 6.01 Å². The number of hydrogen-bond donors (Lipinski definition) is 0. The molecule has 2 aliphatic rings. The molecule has 0 spiro atoms. The Morgan fingerprint density at radius 1 is 1.15 bits per heavy atom. The lowest BCUT2D eigenvalue weighted by atomic mass is 10.0. The molecule has 3 heterocycles. The Morgan fingerprint density at radius 3 is 2.38 bits per heavy atom. The van der Waals surface area contributed by atoms with E-state index in [9.17, 15) is 18.0 Å². The van der Waals surface area contributed by atoms with E-state index in [4.69, 9.17) is 4.74 Å². The number of nitrogens with zero attached hydrogens (tertiary/aromatic N) is 4. The minimum atomic E-state index is -4.35. The van der Waals surface area contributed by atoms with Crippen LogP contribution in [0.2, 0.25) is 0 Å². The number of likely N-dealkylation sites (tertiary alicyclic amines) is 2. The van der Waals surface area contributed by atoms with Crippen molar-refractivity contribution >= 4 is 5.91 Å². The smallest absolute Gasteiger partial charge is 0.406 e. The fraction of sp³-hybridized carbons (Fsp3) is 0.706. The van der Waals surface area contributed by atoms with Gasteiger partial charge in [-0.1, -0.05) is 6.92 Å². The van der Waals surface area contributed by atoms with E-state index in [1.807, 2.05) is 11.8 Å². The van der Waals surface area contributed by atoms with Crippen molar-refractivity contribution < 1.29 is 22.7 Å². The van der Waals surface area contributed by atoms with Gasteiger partial charge in [-0.25, -0.2) is 9.97 Å². The van der Waals surface area contributed by atoms with Crippen LogP contribution in [0.3, 0.4) is 0 Å². The third kappa shape index (κ3) is 4.63. The van der Waals surface area contributed by atoms with Gasteiger partial charge in [-0.15, -0.1) is 0 Å². The van der Waals surface area contributed by atoms with E-state index in [1.165, 1.54) is 0 Å². The largest absolute Gasteiger partial charge is 0.460 e. The highest BCUT2D eigenvalue weighted by atomic mass is 19.4. The van der Waals surface area contributed by atoms with Crippen LogP contribution in [-0.2, 0) is 11.2 Å². The maximum absolute atomic E-state index is 12.5. The number of rotatable bonds is 5. The monoisotopic (exact) mass is 372 g/mol. The normalized spacial score (nSPS) is 22.8. The van der Waals surface area contributed by atoms with Crippen molar-refractivity contribution in [3.63, 3.8) is 0 Å². The fourth-order valence-corrected chi connectivity index (χ4v) is 3.48. The van der Waals surface area contributed by atoms with Gasteiger partial charge in [0.25, 0.3) is 0 Å². The third-order valence-corrected chi connectivity index (χ3v) is 4.92. The molecule has 1 aromatic rings. The van der Waals surface area contributed by atoms with Crippen LogP contribution in [0.1, 0.15) is 31.7 Å². The van der Waals surface area contributed by atoms with Crippen molar-refractivity contribution in [2.24, 2.45) is 0 Å². The Labute approximate surface area is 150 Å². The average Bonchev–Trinajstić information content (AvgIpc) is 2.95. The van der Waals surface area contributed by atoms with Gasteiger partial charge >= 0.3 is 12.2 Å². The number of carbonyl (C=O) groups is 1. The topological polar surface area (TPSA) is 58.6 Å². The molecule has 1 unspecified atom stereocenters. The number of aryl methyl sites for hydroxylation is 1. The van der Waals surface area contributed by atoms with Crippen LogP contribution >= 0.6 is 0 Å². The molecule has 1 aromatic heterocycles. The Balaban J connectivity index is 1.48. The molecule has 1 amide bonds. The van der Waals surface area contributed by atoms with E-state index < -0.39 is 24.7 Å². The van der Waals surface area contributed by atoms with E-state index in [2.05, 4.69) is 9.97 Å². The second-order valence-electron chi connectivity index (χ2n) is 6.76. The maximum Gasteiger partial charge on any atom is 0.406 e. The van der Waals surface area contributed by atoms with Crippen molar-refractivity contribution in [2.75, 3.05) is 26.2 Å². The Morgan fingerprint density at radius 2 is 1.81 bits per heavy atom. The molecule has 26 heavy (non-hydrogen) atoms. The molecule has 2 fully saturated rings. The number of alkyl halides is 3. The molecule has 0 radical (unpaired) electrons. The van der Waals surface area contributed by atoms with Gasteiger partial charge < -0.3 is 9.64 Å². The zero-order valence-electron chi connectivity index (χ0n) is 14.7. The number of aromatic nitrogens is 2. The molecule has 0 N–H and O–H groups in total. The first-order valence-electron chi connectivity index (χ1n) is 8.93. The van der Waals surface area contributed by atoms with E-state index >= 15 is 0 Å². The molecule has 0 saturated carbocycles. The molecule has 3 rings (SSSR count). The summed E-state index contributed by atoms with van der Waals surface area (Å²) in [6.45, 7) is 2.26. The summed E-state index contributed by atoms with van der Waals surface area (Å²) in [5, 5.41) is 0. The van der Waals surface area contributed by atoms with Crippen molar-refractivity contribution in [3.8, 4) is 6.01 Å². The maximum atomic E-state index is 12.5. The average molecular weight is 372 g/mol. The quantitative estimate of drug-likeness (QED) is 0.792. The van der Waals surface area contributed by atoms with Gasteiger partial charge in [0, 0.05) is 32.0 Å². The fourth-order valence-electron chi connectivity index (χ4n) is 3.48. The highest BCUT2D eigenvalue weighted by Crippen LogP contribution is 2.26. The first-order chi connectivity index (χ1) is 12.4. The van der Waals surface area contributed by atoms with Crippen LogP contribution < -0.4 is 4.74 Å². The molecule has 0 aromatic carbocycles. The number of ether oxygens (including phenoxy) is 1. The van der Waals surface area contributed by atoms with E-state index in [-0.39, 0.29) is 12.6 Å². The van der Waals surface area contributed by atoms with Gasteiger partial charge in [0.2, 0.25) is 5.91 Å². The lowest BCUT2D eigenvalue weighted by molar-refractivity contribution is -0.159. The summed E-state index contributed by atoms with van der Waals surface area (Å²) in [5.41, 5.74) is 1.04. The number of halogens is 3. The summed E-state index contributed by atoms with van der Waals surface area (Å²) < 4.78 is 43.3. The van der Waals surface area contributed by atoms with Crippen LogP contribution in [0.4, 0.5) is 13.2 Å². The van der Waals surface area contributed by atoms with Gasteiger partial charge in [-0.05, 0) is 31.2 Å². The van der Waals surface area contributed by atoms with Gasteiger partial charge in [-0.2, -0.15) is 13.2 Å². The van der Waals surface area contributed by atoms with Crippen LogP contribution in [0.15, 0.2) is 12.4 Å². The molecule has 6 nitrogen and oxygen atoms in total. The third-order valence-electron chi connectivity index (χ3n) is 4.92. The van der Waals surface area contributed by atoms with Crippen LogP contribution in [0, 0.1) is 0 Å². The standard InChI is InChI=1S/C17H23F3N4O2/c1-2-12-9-21-16(22-10-12)26-13-3-6-23(7-4-13)14-5-8-24(15(14)25)11-17(18,19)20/h9-10,13-14H,2-8,11H2,1H3. The van der Waals surface area contributed by atoms with Gasteiger partial charge in [0.1, 0.15) is 12.6 Å². The first-order valence-corrected chi connectivity index (χ1v) is 8.93. The van der Waals surface area contributed by atoms with E-state index in [0.29, 0.717) is 38.4 Å². The zero-order valence-corrected chi connectivity index (χ0v) is 14.7. The highest BCUT2D eigenvalue weighted by Gasteiger charge is 2.42. The number of carbonyl (C=O) groups excluding carboxylic acids is 1. The first kappa shape index (κ1) is 18.9. The van der Waals surface area contributed by atoms with Gasteiger partial charge in [-0.3, -0.25) is 9.69 Å². The summed E-state index contributed by atoms with van der Waals surface area (Å²) in [6.07, 6.45) is 1.79. The molecule has 2 saturated heterocycles. The Bertz CT molecular complexity index is 615. The van der Waals surface area contributed by atoms with Crippen LogP contribution in [-0.4, -0.2) is 70.2 Å². The molecular weight excluding hydrogens is 349 g/mol.